The van der Waals surface area contributed by atoms with Crippen molar-refractivity contribution in [2.45, 2.75) is 6.92 Å². The molecule has 0 aliphatic rings. The molecule has 70 valence electrons. The van der Waals surface area contributed by atoms with Crippen LogP contribution in [0.15, 0.2) is 21.2 Å². The number of hydrogen-bond acceptors (Lipinski definition) is 4. The predicted molar refractivity (Wildman–Crippen MR) is 47.4 cm³/mol. The first-order chi connectivity index (χ1) is 6.16. The average molecular weight is 247 g/mol. The van der Waals surface area contributed by atoms with Crippen molar-refractivity contribution in [2.75, 3.05) is 6.61 Å². The van der Waals surface area contributed by atoms with E-state index in [1.807, 2.05) is 0 Å². The van der Waals surface area contributed by atoms with Gasteiger partial charge in [-0.25, -0.2) is 4.79 Å². The Morgan fingerprint density at radius 1 is 1.62 bits per heavy atom. The Hall–Kier alpha value is -1.10. The Balaban J connectivity index is 2.80. The summed E-state index contributed by atoms with van der Waals surface area (Å²) in [4.78, 5) is 22.2. The molecule has 0 saturated heterocycles. The molecule has 1 heterocycles. The quantitative estimate of drug-likeness (QED) is 0.464. The predicted octanol–water partition coefficient (Wildman–Crippen LogP) is 1.79. The molecule has 0 unspecified atom stereocenters. The van der Waals surface area contributed by atoms with Crippen LogP contribution in [0.25, 0.3) is 0 Å². The standard InChI is InChI=1S/C8H7BrO4/c1-2-12-8(11)6(10)7-5(9)3-4-13-7/h3-4H,2H2,1H3. The van der Waals surface area contributed by atoms with Crippen LogP contribution in [0.4, 0.5) is 0 Å². The molecule has 0 fully saturated rings. The molecule has 0 aliphatic carbocycles. The van der Waals surface area contributed by atoms with Crippen LogP contribution in [0.1, 0.15) is 17.5 Å². The number of halogens is 1. The molecule has 0 atom stereocenters. The third-order valence-electron chi connectivity index (χ3n) is 1.28. The van der Waals surface area contributed by atoms with Gasteiger partial charge in [0, 0.05) is 0 Å². The number of ether oxygens (including phenoxy) is 1. The molecular weight excluding hydrogens is 240 g/mol. The minimum atomic E-state index is -0.904. The molecule has 0 saturated carbocycles. The number of furan rings is 1. The fourth-order valence-corrected chi connectivity index (χ4v) is 1.13. The van der Waals surface area contributed by atoms with Crippen molar-refractivity contribution < 1.29 is 18.7 Å². The van der Waals surface area contributed by atoms with E-state index >= 15 is 0 Å². The summed E-state index contributed by atoms with van der Waals surface area (Å²) in [5.41, 5.74) is 0. The van der Waals surface area contributed by atoms with Crippen molar-refractivity contribution in [3.8, 4) is 0 Å². The lowest BCUT2D eigenvalue weighted by Gasteiger charge is -1.97. The molecule has 1 aromatic heterocycles. The Kier molecular flexibility index (Phi) is 3.25. The van der Waals surface area contributed by atoms with Crippen LogP contribution in [0.3, 0.4) is 0 Å². The summed E-state index contributed by atoms with van der Waals surface area (Å²) in [5, 5.41) is 0. The Morgan fingerprint density at radius 2 is 2.31 bits per heavy atom. The van der Waals surface area contributed by atoms with Crippen LogP contribution in [-0.4, -0.2) is 18.4 Å². The lowest BCUT2D eigenvalue weighted by Crippen LogP contribution is -2.17. The first kappa shape index (κ1) is 9.98. The smallest absolute Gasteiger partial charge is 0.383 e. The molecule has 13 heavy (non-hydrogen) atoms. The maximum Gasteiger partial charge on any atom is 0.383 e. The van der Waals surface area contributed by atoms with E-state index in [4.69, 9.17) is 4.42 Å². The van der Waals surface area contributed by atoms with Crippen LogP contribution in [0, 0.1) is 0 Å². The number of rotatable bonds is 3. The third kappa shape index (κ3) is 2.18. The van der Waals surface area contributed by atoms with Gasteiger partial charge < -0.3 is 9.15 Å². The first-order valence-electron chi connectivity index (χ1n) is 3.61. The van der Waals surface area contributed by atoms with Gasteiger partial charge in [0.05, 0.1) is 17.3 Å². The van der Waals surface area contributed by atoms with Crippen LogP contribution in [-0.2, 0) is 9.53 Å². The van der Waals surface area contributed by atoms with Gasteiger partial charge in [-0.15, -0.1) is 0 Å². The maximum atomic E-state index is 11.2. The Morgan fingerprint density at radius 3 is 2.77 bits per heavy atom. The summed E-state index contributed by atoms with van der Waals surface area (Å²) >= 11 is 3.06. The zero-order chi connectivity index (χ0) is 9.84. The average Bonchev–Trinajstić information content (AvgIpc) is 2.50. The first-order valence-corrected chi connectivity index (χ1v) is 4.40. The van der Waals surface area contributed by atoms with Gasteiger partial charge >= 0.3 is 11.8 Å². The molecule has 1 rings (SSSR count). The second-order valence-electron chi connectivity index (χ2n) is 2.15. The highest BCUT2D eigenvalue weighted by atomic mass is 79.9. The number of carbonyl (C=O) groups excluding carboxylic acids is 2. The molecule has 4 nitrogen and oxygen atoms in total. The van der Waals surface area contributed by atoms with Gasteiger partial charge in [-0.05, 0) is 28.9 Å². The number of hydrogen-bond donors (Lipinski definition) is 0. The van der Waals surface area contributed by atoms with E-state index in [-0.39, 0.29) is 12.4 Å². The summed E-state index contributed by atoms with van der Waals surface area (Å²) in [6.45, 7) is 1.80. The van der Waals surface area contributed by atoms with E-state index in [2.05, 4.69) is 20.7 Å². The van der Waals surface area contributed by atoms with Crippen LogP contribution < -0.4 is 0 Å². The van der Waals surface area contributed by atoms with Crippen LogP contribution >= 0.6 is 15.9 Å². The fraction of sp³-hybridized carbons (Fsp3) is 0.250. The van der Waals surface area contributed by atoms with Crippen molar-refractivity contribution in [2.24, 2.45) is 0 Å². The minimum absolute atomic E-state index is 0.0292. The molecule has 0 radical (unpaired) electrons. The van der Waals surface area contributed by atoms with Gasteiger partial charge in [0.1, 0.15) is 0 Å². The molecule has 0 amide bonds. The molecule has 5 heteroatoms. The summed E-state index contributed by atoms with van der Waals surface area (Å²) < 4.78 is 9.76. The van der Waals surface area contributed by atoms with Crippen molar-refractivity contribution in [3.05, 3.63) is 22.6 Å². The lowest BCUT2D eigenvalue weighted by atomic mass is 10.3. The summed E-state index contributed by atoms with van der Waals surface area (Å²) in [5.74, 6) is -1.71. The summed E-state index contributed by atoms with van der Waals surface area (Å²) in [7, 11) is 0. The van der Waals surface area contributed by atoms with Crippen molar-refractivity contribution in [1.29, 1.82) is 0 Å². The van der Waals surface area contributed by atoms with E-state index in [9.17, 15) is 9.59 Å². The van der Waals surface area contributed by atoms with Crippen LogP contribution in [0.5, 0.6) is 0 Å². The molecule has 0 spiro atoms. The molecule has 0 aliphatic heterocycles. The third-order valence-corrected chi connectivity index (χ3v) is 1.91. The largest absolute Gasteiger partial charge is 0.460 e. The van der Waals surface area contributed by atoms with Crippen molar-refractivity contribution in [3.63, 3.8) is 0 Å². The Labute approximate surface area is 83.0 Å². The number of esters is 1. The Bertz CT molecular complexity index is 329. The highest BCUT2D eigenvalue weighted by molar-refractivity contribution is 9.10. The minimum Gasteiger partial charge on any atom is -0.460 e. The topological polar surface area (TPSA) is 56.5 Å². The second-order valence-corrected chi connectivity index (χ2v) is 3.00. The number of carbonyl (C=O) groups is 2. The van der Waals surface area contributed by atoms with E-state index in [1.54, 1.807) is 6.92 Å². The molecule has 1 aromatic rings. The van der Waals surface area contributed by atoms with Gasteiger partial charge in [0.25, 0.3) is 0 Å². The zero-order valence-electron chi connectivity index (χ0n) is 6.87. The van der Waals surface area contributed by atoms with E-state index in [1.165, 1.54) is 12.3 Å². The monoisotopic (exact) mass is 246 g/mol. The second kappa shape index (κ2) is 4.23. The van der Waals surface area contributed by atoms with Gasteiger partial charge in [0.15, 0.2) is 5.76 Å². The van der Waals surface area contributed by atoms with Gasteiger partial charge in [0.2, 0.25) is 0 Å². The zero-order valence-corrected chi connectivity index (χ0v) is 8.46. The normalized spacial score (nSPS) is 9.69. The van der Waals surface area contributed by atoms with E-state index in [0.29, 0.717) is 4.47 Å². The molecule has 0 aromatic carbocycles. The maximum absolute atomic E-state index is 11.2. The highest BCUT2D eigenvalue weighted by Gasteiger charge is 2.22. The SMILES string of the molecule is CCOC(=O)C(=O)c1occc1Br. The highest BCUT2D eigenvalue weighted by Crippen LogP contribution is 2.18. The molecular formula is C8H7BrO4. The van der Waals surface area contributed by atoms with Gasteiger partial charge in [-0.2, -0.15) is 0 Å². The molecule has 0 bridgehead atoms. The van der Waals surface area contributed by atoms with Gasteiger partial charge in [-0.3, -0.25) is 4.79 Å². The van der Waals surface area contributed by atoms with Crippen LogP contribution in [0.2, 0.25) is 0 Å². The van der Waals surface area contributed by atoms with E-state index in [0.717, 1.165) is 0 Å². The number of Topliss-reactive ketones (excluding diaryl/α,β-unsaturated/α-hetero) is 1. The summed E-state index contributed by atoms with van der Waals surface area (Å²) in [6, 6.07) is 1.53. The summed E-state index contributed by atoms with van der Waals surface area (Å²) in [6.07, 6.45) is 1.32. The van der Waals surface area contributed by atoms with Crippen molar-refractivity contribution in [1.82, 2.24) is 0 Å². The molecule has 0 N–H and O–H groups in total. The van der Waals surface area contributed by atoms with Gasteiger partial charge in [-0.1, -0.05) is 0 Å². The van der Waals surface area contributed by atoms with E-state index < -0.39 is 11.8 Å². The van der Waals surface area contributed by atoms with Crippen molar-refractivity contribution >= 4 is 27.7 Å². The fourth-order valence-electron chi connectivity index (χ4n) is 0.745. The lowest BCUT2D eigenvalue weighted by molar-refractivity contribution is -0.137. The number of ketones is 1.